The van der Waals surface area contributed by atoms with E-state index in [0.717, 1.165) is 61.6 Å². The van der Waals surface area contributed by atoms with Crippen molar-refractivity contribution < 1.29 is 4.42 Å². The topological polar surface area (TPSA) is 19.6 Å². The van der Waals surface area contributed by atoms with Crippen molar-refractivity contribution in [1.29, 1.82) is 0 Å². The van der Waals surface area contributed by atoms with E-state index in [1.807, 2.05) is 0 Å². The first kappa shape index (κ1) is 44.5. The molecule has 0 N–H and O–H groups in total. The van der Waals surface area contributed by atoms with Crippen molar-refractivity contribution in [2.45, 2.75) is 38.5 Å². The van der Waals surface area contributed by atoms with Gasteiger partial charge in [0.05, 0.1) is 11.4 Å². The largest absolute Gasteiger partial charge is 0.454 e. The SMILES string of the molecule is CC1(C)c2ccccc2-c2ccc(N(c3ccc(-c4ccccc4)cc3)c3ccc(-c4ccc(N(c5ccc(-c6ccccc6)cc5)c5cccc6c5oc5ccccc56)c5c4-c4ccccc4C5(C)C)cc3)cc21. The number of benzene rings is 11. The van der Waals surface area contributed by atoms with Crippen molar-refractivity contribution in [2.24, 2.45) is 0 Å². The lowest BCUT2D eigenvalue weighted by molar-refractivity contribution is 0.659. The fourth-order valence-corrected chi connectivity index (χ4v) is 12.6. The fraction of sp³-hybridized carbons (Fsp3) is 0.0833. The normalized spacial score (nSPS) is 13.5. The van der Waals surface area contributed by atoms with Gasteiger partial charge in [0.25, 0.3) is 0 Å². The van der Waals surface area contributed by atoms with Crippen LogP contribution in [0.1, 0.15) is 49.9 Å². The van der Waals surface area contributed by atoms with E-state index >= 15 is 0 Å². The molecule has 0 aliphatic heterocycles. The third kappa shape index (κ3) is 7.10. The van der Waals surface area contributed by atoms with Gasteiger partial charge in [-0.1, -0.05) is 216 Å². The van der Waals surface area contributed by atoms with Gasteiger partial charge in [-0.2, -0.15) is 0 Å². The lowest BCUT2D eigenvalue weighted by Crippen LogP contribution is -2.21. The third-order valence-corrected chi connectivity index (χ3v) is 16.3. The van der Waals surface area contributed by atoms with Gasteiger partial charge < -0.3 is 14.2 Å². The Labute approximate surface area is 439 Å². The number of para-hydroxylation sites is 2. The molecule has 1 heterocycles. The van der Waals surface area contributed by atoms with E-state index in [1.54, 1.807) is 0 Å². The molecule has 0 spiro atoms. The Kier molecular flexibility index (Phi) is 10.2. The van der Waals surface area contributed by atoms with Crippen LogP contribution >= 0.6 is 0 Å². The zero-order valence-corrected chi connectivity index (χ0v) is 42.6. The maximum absolute atomic E-state index is 6.85. The van der Waals surface area contributed by atoms with Crippen molar-refractivity contribution in [2.75, 3.05) is 9.80 Å². The summed E-state index contributed by atoms with van der Waals surface area (Å²) in [6, 6.07) is 93.2. The molecule has 0 radical (unpaired) electrons. The number of rotatable bonds is 9. The van der Waals surface area contributed by atoms with Gasteiger partial charge in [0.2, 0.25) is 0 Å². The van der Waals surface area contributed by atoms with Gasteiger partial charge >= 0.3 is 0 Å². The van der Waals surface area contributed by atoms with E-state index in [2.05, 4.69) is 292 Å². The maximum atomic E-state index is 6.85. The van der Waals surface area contributed by atoms with E-state index in [9.17, 15) is 0 Å². The smallest absolute Gasteiger partial charge is 0.159 e. The molecular formula is C72H54N2O. The van der Waals surface area contributed by atoms with Crippen molar-refractivity contribution in [3.05, 3.63) is 277 Å². The molecular weight excluding hydrogens is 909 g/mol. The van der Waals surface area contributed by atoms with E-state index in [4.69, 9.17) is 4.42 Å². The number of nitrogens with zero attached hydrogens (tertiary/aromatic N) is 2. The number of hydrogen-bond donors (Lipinski definition) is 0. The molecule has 0 fully saturated rings. The molecule has 0 unspecified atom stereocenters. The van der Waals surface area contributed by atoms with Crippen molar-refractivity contribution in [3.8, 4) is 55.6 Å². The molecule has 0 saturated carbocycles. The van der Waals surface area contributed by atoms with Crippen LogP contribution in [0.25, 0.3) is 77.6 Å². The lowest BCUT2D eigenvalue weighted by Gasteiger charge is -2.33. The standard InChI is InChI=1S/C72H54N2O/c1-71(2)62-26-14-11-22-57(62)58-43-42-55(46-64(58)71)73(52-36-30-49(31-37-52)47-18-7-5-8-19-47)53-40-34-51(35-41-53)56-44-45-65(69-68(56)61-24-12-15-27-63(61)72(69,3)4)74(54-38-32-50(33-39-54)48-20-9-6-10-21-48)66-28-17-25-60-59-23-13-16-29-67(59)75-70(60)66/h5-46H,1-4H3. The van der Waals surface area contributed by atoms with Gasteiger partial charge in [0.15, 0.2) is 5.58 Å². The van der Waals surface area contributed by atoms with Crippen LogP contribution in [-0.2, 0) is 10.8 Å². The van der Waals surface area contributed by atoms with Crippen molar-refractivity contribution in [3.63, 3.8) is 0 Å². The van der Waals surface area contributed by atoms with Gasteiger partial charge in [-0.15, -0.1) is 0 Å². The highest BCUT2D eigenvalue weighted by atomic mass is 16.3. The van der Waals surface area contributed by atoms with E-state index in [0.29, 0.717) is 0 Å². The highest BCUT2D eigenvalue weighted by Gasteiger charge is 2.41. The van der Waals surface area contributed by atoms with Crippen LogP contribution in [0.3, 0.4) is 0 Å². The summed E-state index contributed by atoms with van der Waals surface area (Å²) in [5.41, 5.74) is 25.4. The molecule has 0 bridgehead atoms. The minimum atomic E-state index is -0.342. The Morgan fingerprint density at radius 3 is 1.44 bits per heavy atom. The predicted octanol–water partition coefficient (Wildman–Crippen LogP) is 20.1. The van der Waals surface area contributed by atoms with Crippen LogP contribution in [0.5, 0.6) is 0 Å². The second kappa shape index (κ2) is 17.2. The highest BCUT2D eigenvalue weighted by Crippen LogP contribution is 2.58. The molecule has 14 rings (SSSR count). The third-order valence-electron chi connectivity index (χ3n) is 16.3. The zero-order valence-electron chi connectivity index (χ0n) is 42.6. The predicted molar refractivity (Wildman–Crippen MR) is 315 cm³/mol. The minimum Gasteiger partial charge on any atom is -0.454 e. The van der Waals surface area contributed by atoms with Crippen LogP contribution in [0, 0.1) is 0 Å². The molecule has 0 saturated heterocycles. The fourth-order valence-electron chi connectivity index (χ4n) is 12.6. The second-order valence-electron chi connectivity index (χ2n) is 21.2. The first-order valence-corrected chi connectivity index (χ1v) is 26.2. The summed E-state index contributed by atoms with van der Waals surface area (Å²) in [7, 11) is 0. The van der Waals surface area contributed by atoms with Crippen LogP contribution in [-0.4, -0.2) is 0 Å². The molecule has 0 amide bonds. The molecule has 0 atom stereocenters. The van der Waals surface area contributed by atoms with Crippen LogP contribution in [0.4, 0.5) is 34.1 Å². The summed E-state index contributed by atoms with van der Waals surface area (Å²) in [6.07, 6.45) is 0. The lowest BCUT2D eigenvalue weighted by atomic mass is 9.80. The minimum absolute atomic E-state index is 0.134. The number of anilines is 6. The van der Waals surface area contributed by atoms with E-state index in [1.165, 1.54) is 72.3 Å². The molecule has 75 heavy (non-hydrogen) atoms. The molecule has 1 aromatic heterocycles. The molecule has 11 aromatic carbocycles. The summed E-state index contributed by atoms with van der Waals surface area (Å²) in [4.78, 5) is 4.86. The quantitative estimate of drug-likeness (QED) is 0.144. The Morgan fingerprint density at radius 2 is 0.787 bits per heavy atom. The summed E-state index contributed by atoms with van der Waals surface area (Å²) >= 11 is 0. The summed E-state index contributed by atoms with van der Waals surface area (Å²) in [5.74, 6) is 0. The molecule has 358 valence electrons. The number of furan rings is 1. The zero-order chi connectivity index (χ0) is 50.4. The number of hydrogen-bond acceptors (Lipinski definition) is 3. The van der Waals surface area contributed by atoms with Crippen molar-refractivity contribution >= 4 is 56.1 Å². The maximum Gasteiger partial charge on any atom is 0.159 e. The van der Waals surface area contributed by atoms with Crippen molar-refractivity contribution in [1.82, 2.24) is 0 Å². The van der Waals surface area contributed by atoms with Gasteiger partial charge in [0.1, 0.15) is 5.58 Å². The Hall–Kier alpha value is -9.18. The first-order chi connectivity index (χ1) is 36.7. The molecule has 3 nitrogen and oxygen atoms in total. The van der Waals surface area contributed by atoms with Crippen LogP contribution < -0.4 is 9.80 Å². The highest BCUT2D eigenvalue weighted by molar-refractivity contribution is 6.11. The Morgan fingerprint density at radius 1 is 0.307 bits per heavy atom. The molecule has 2 aliphatic carbocycles. The van der Waals surface area contributed by atoms with Gasteiger partial charge in [-0.3, -0.25) is 0 Å². The van der Waals surface area contributed by atoms with Gasteiger partial charge in [-0.25, -0.2) is 0 Å². The van der Waals surface area contributed by atoms with Gasteiger partial charge in [-0.05, 0) is 145 Å². The summed E-state index contributed by atoms with van der Waals surface area (Å²) < 4.78 is 6.85. The van der Waals surface area contributed by atoms with E-state index in [-0.39, 0.29) is 10.8 Å². The summed E-state index contributed by atoms with van der Waals surface area (Å²) in [5, 5.41) is 2.21. The first-order valence-electron chi connectivity index (χ1n) is 26.2. The van der Waals surface area contributed by atoms with Gasteiger partial charge in [0, 0.05) is 44.4 Å². The molecule has 12 aromatic rings. The van der Waals surface area contributed by atoms with Crippen LogP contribution in [0.2, 0.25) is 0 Å². The van der Waals surface area contributed by atoms with Crippen LogP contribution in [0.15, 0.2) is 259 Å². The van der Waals surface area contributed by atoms with E-state index < -0.39 is 0 Å². The molecule has 2 aliphatic rings. The summed E-state index contributed by atoms with van der Waals surface area (Å²) in [6.45, 7) is 9.50. The average Bonchev–Trinajstić information content (AvgIpc) is 4.10. The Balaban J connectivity index is 0.930. The Bertz CT molecular complexity index is 4150. The second-order valence-corrected chi connectivity index (χ2v) is 21.2. The molecule has 3 heteroatoms. The monoisotopic (exact) mass is 962 g/mol. The average molecular weight is 963 g/mol. The number of fused-ring (bicyclic) bond motifs is 9.